The number of ether oxygens (including phenoxy) is 1. The fourth-order valence-corrected chi connectivity index (χ4v) is 2.75. The Morgan fingerprint density at radius 1 is 0.815 bits per heavy atom. The van der Waals surface area contributed by atoms with Crippen molar-refractivity contribution in [2.24, 2.45) is 0 Å². The Morgan fingerprint density at radius 3 is 1.89 bits per heavy atom. The molecule has 0 aliphatic rings. The Labute approximate surface area is 161 Å². The van der Waals surface area contributed by atoms with E-state index >= 15 is 0 Å². The first-order chi connectivity index (χ1) is 13.2. The van der Waals surface area contributed by atoms with E-state index in [1.165, 1.54) is 32.1 Å². The SMILES string of the molecule is C#Cc1ccc(C(=O)C(=O)c2ccc(OCCCCCCCC)cc2)cc1. The first-order valence-corrected chi connectivity index (χ1v) is 9.54. The topological polar surface area (TPSA) is 43.4 Å². The van der Waals surface area contributed by atoms with Crippen LogP contribution >= 0.6 is 0 Å². The number of ketones is 2. The van der Waals surface area contributed by atoms with Gasteiger partial charge in [-0.05, 0) is 55.0 Å². The zero-order valence-corrected chi connectivity index (χ0v) is 15.9. The highest BCUT2D eigenvalue weighted by Crippen LogP contribution is 2.16. The normalized spacial score (nSPS) is 10.2. The minimum atomic E-state index is -0.542. The molecule has 3 heteroatoms. The predicted molar refractivity (Wildman–Crippen MR) is 108 cm³/mol. The van der Waals surface area contributed by atoms with E-state index in [9.17, 15) is 9.59 Å². The molecule has 0 amide bonds. The summed E-state index contributed by atoms with van der Waals surface area (Å²) in [6.45, 7) is 2.87. The molecule has 0 aromatic heterocycles. The minimum absolute atomic E-state index is 0.336. The van der Waals surface area contributed by atoms with E-state index < -0.39 is 11.6 Å². The molecule has 0 aliphatic carbocycles. The van der Waals surface area contributed by atoms with Gasteiger partial charge in [0.1, 0.15) is 5.75 Å². The van der Waals surface area contributed by atoms with Crippen molar-refractivity contribution in [1.29, 1.82) is 0 Å². The van der Waals surface area contributed by atoms with Crippen LogP contribution in [0.3, 0.4) is 0 Å². The summed E-state index contributed by atoms with van der Waals surface area (Å²) in [4.78, 5) is 24.7. The third-order valence-electron chi connectivity index (χ3n) is 4.40. The summed E-state index contributed by atoms with van der Waals surface area (Å²) < 4.78 is 5.70. The van der Waals surface area contributed by atoms with E-state index in [2.05, 4.69) is 12.8 Å². The Kier molecular flexibility index (Phi) is 8.32. The standard InChI is InChI=1S/C24H26O3/c1-3-5-6-7-8-9-18-27-22-16-14-21(15-17-22)24(26)23(25)20-12-10-19(4-2)11-13-20/h2,10-17H,3,5-9,18H2,1H3. The number of benzene rings is 2. The summed E-state index contributed by atoms with van der Waals surface area (Å²) in [5, 5.41) is 0. The molecular formula is C24H26O3. The molecule has 140 valence electrons. The molecule has 27 heavy (non-hydrogen) atoms. The van der Waals surface area contributed by atoms with Crippen molar-refractivity contribution in [3.05, 3.63) is 65.2 Å². The van der Waals surface area contributed by atoms with Crippen molar-refractivity contribution < 1.29 is 14.3 Å². The molecule has 0 N–H and O–H groups in total. The number of hydrogen-bond acceptors (Lipinski definition) is 3. The fourth-order valence-electron chi connectivity index (χ4n) is 2.75. The van der Waals surface area contributed by atoms with Gasteiger partial charge in [-0.25, -0.2) is 0 Å². The summed E-state index contributed by atoms with van der Waals surface area (Å²) in [6, 6.07) is 13.2. The Hall–Kier alpha value is -2.86. The van der Waals surface area contributed by atoms with Crippen LogP contribution in [-0.2, 0) is 0 Å². The van der Waals surface area contributed by atoms with Crippen molar-refractivity contribution in [1.82, 2.24) is 0 Å². The van der Waals surface area contributed by atoms with Crippen molar-refractivity contribution in [3.63, 3.8) is 0 Å². The highest BCUT2D eigenvalue weighted by atomic mass is 16.5. The van der Waals surface area contributed by atoms with Gasteiger partial charge in [-0.1, -0.05) is 44.9 Å². The average molecular weight is 362 g/mol. The monoisotopic (exact) mass is 362 g/mol. The summed E-state index contributed by atoms with van der Waals surface area (Å²) in [6.07, 6.45) is 12.6. The molecule has 0 saturated heterocycles. The zero-order chi connectivity index (χ0) is 19.5. The van der Waals surface area contributed by atoms with E-state index in [1.807, 2.05) is 0 Å². The van der Waals surface area contributed by atoms with E-state index in [4.69, 9.17) is 11.2 Å². The minimum Gasteiger partial charge on any atom is -0.494 e. The lowest BCUT2D eigenvalue weighted by atomic mass is 10.0. The van der Waals surface area contributed by atoms with Crippen LogP contribution in [-0.4, -0.2) is 18.2 Å². The van der Waals surface area contributed by atoms with Gasteiger partial charge in [-0.3, -0.25) is 9.59 Å². The number of rotatable bonds is 11. The lowest BCUT2D eigenvalue weighted by molar-refractivity contribution is 0.0817. The summed E-state index contributed by atoms with van der Waals surface area (Å²) in [5.74, 6) is 2.12. The van der Waals surface area contributed by atoms with Gasteiger partial charge in [0.15, 0.2) is 0 Å². The van der Waals surface area contributed by atoms with Gasteiger partial charge in [0.05, 0.1) is 6.61 Å². The second kappa shape index (κ2) is 11.0. The van der Waals surface area contributed by atoms with Crippen molar-refractivity contribution in [2.75, 3.05) is 6.61 Å². The first-order valence-electron chi connectivity index (χ1n) is 9.54. The van der Waals surface area contributed by atoms with Gasteiger partial charge in [-0.15, -0.1) is 6.42 Å². The highest BCUT2D eigenvalue weighted by Gasteiger charge is 2.18. The van der Waals surface area contributed by atoms with E-state index in [-0.39, 0.29) is 0 Å². The van der Waals surface area contributed by atoms with Crippen molar-refractivity contribution in [2.45, 2.75) is 45.4 Å². The maximum Gasteiger partial charge on any atom is 0.233 e. The Balaban J connectivity index is 1.83. The van der Waals surface area contributed by atoms with Gasteiger partial charge in [-0.2, -0.15) is 0 Å². The van der Waals surface area contributed by atoms with E-state index in [0.717, 1.165) is 6.42 Å². The third-order valence-corrected chi connectivity index (χ3v) is 4.40. The van der Waals surface area contributed by atoms with Crippen LogP contribution in [0.15, 0.2) is 48.5 Å². The molecule has 0 heterocycles. The van der Waals surface area contributed by atoms with E-state index in [1.54, 1.807) is 48.5 Å². The van der Waals surface area contributed by atoms with Gasteiger partial charge < -0.3 is 4.74 Å². The van der Waals surface area contributed by atoms with Crippen LogP contribution in [0.25, 0.3) is 0 Å². The highest BCUT2D eigenvalue weighted by molar-refractivity contribution is 6.49. The largest absolute Gasteiger partial charge is 0.494 e. The van der Waals surface area contributed by atoms with Crippen LogP contribution in [0.2, 0.25) is 0 Å². The third kappa shape index (κ3) is 6.42. The lowest BCUT2D eigenvalue weighted by Gasteiger charge is -2.07. The Morgan fingerprint density at radius 2 is 1.33 bits per heavy atom. The predicted octanol–water partition coefficient (Wildman–Crippen LogP) is 5.47. The average Bonchev–Trinajstić information content (AvgIpc) is 2.72. The number of Topliss-reactive ketones (excluding diaryl/α,β-unsaturated/α-hetero) is 2. The number of terminal acetylenes is 1. The van der Waals surface area contributed by atoms with Crippen LogP contribution in [0.1, 0.15) is 71.7 Å². The van der Waals surface area contributed by atoms with Gasteiger partial charge in [0.25, 0.3) is 0 Å². The number of unbranched alkanes of at least 4 members (excludes halogenated alkanes) is 5. The quantitative estimate of drug-likeness (QED) is 0.230. The fraction of sp³-hybridized carbons (Fsp3) is 0.333. The molecular weight excluding hydrogens is 336 g/mol. The Bertz CT molecular complexity index is 780. The molecule has 2 aromatic carbocycles. The van der Waals surface area contributed by atoms with E-state index in [0.29, 0.717) is 29.0 Å². The molecule has 0 radical (unpaired) electrons. The van der Waals surface area contributed by atoms with Gasteiger partial charge in [0, 0.05) is 16.7 Å². The molecule has 0 atom stereocenters. The first kappa shape index (κ1) is 20.5. The van der Waals surface area contributed by atoms with Gasteiger partial charge in [0.2, 0.25) is 11.6 Å². The van der Waals surface area contributed by atoms with Crippen LogP contribution in [0.4, 0.5) is 0 Å². The lowest BCUT2D eigenvalue weighted by Crippen LogP contribution is -2.14. The van der Waals surface area contributed by atoms with Gasteiger partial charge >= 0.3 is 0 Å². The molecule has 0 fully saturated rings. The molecule has 3 nitrogen and oxygen atoms in total. The second-order valence-corrected chi connectivity index (χ2v) is 6.52. The van der Waals surface area contributed by atoms with Crippen LogP contribution < -0.4 is 4.74 Å². The maximum absolute atomic E-state index is 12.4. The number of carbonyl (C=O) groups excluding carboxylic acids is 2. The molecule has 0 saturated carbocycles. The zero-order valence-electron chi connectivity index (χ0n) is 15.9. The van der Waals surface area contributed by atoms with Crippen molar-refractivity contribution >= 4 is 11.6 Å². The summed E-state index contributed by atoms with van der Waals surface area (Å²) in [5.41, 5.74) is 1.36. The van der Waals surface area contributed by atoms with Crippen molar-refractivity contribution in [3.8, 4) is 18.1 Å². The molecule has 0 spiro atoms. The summed E-state index contributed by atoms with van der Waals surface area (Å²) >= 11 is 0. The van der Waals surface area contributed by atoms with Crippen LogP contribution in [0, 0.1) is 12.3 Å². The number of hydrogen-bond donors (Lipinski definition) is 0. The molecule has 0 unspecified atom stereocenters. The summed E-state index contributed by atoms with van der Waals surface area (Å²) in [7, 11) is 0. The second-order valence-electron chi connectivity index (χ2n) is 6.52. The molecule has 2 rings (SSSR count). The smallest absolute Gasteiger partial charge is 0.233 e. The molecule has 2 aromatic rings. The maximum atomic E-state index is 12.4. The molecule has 0 aliphatic heterocycles. The molecule has 0 bridgehead atoms. The van der Waals surface area contributed by atoms with Crippen LogP contribution in [0.5, 0.6) is 5.75 Å². The number of carbonyl (C=O) groups is 2.